The molecule has 1 N–H and O–H groups in total. The number of carbonyl (C=O) groups is 1. The second-order valence-corrected chi connectivity index (χ2v) is 6.86. The van der Waals surface area contributed by atoms with Gasteiger partial charge in [-0.05, 0) is 43.3 Å². The number of ether oxygens (including phenoxy) is 1. The Morgan fingerprint density at radius 1 is 1.17 bits per heavy atom. The molecule has 0 aliphatic heterocycles. The molecular weight excluding hydrogens is 394 g/mol. The molecular formula is C19H19N5O4S. The van der Waals surface area contributed by atoms with Crippen LogP contribution in [0, 0.1) is 10.1 Å². The molecule has 0 saturated carbocycles. The molecule has 0 fully saturated rings. The number of hydrogen-bond donors (Lipinski definition) is 1. The molecule has 10 heteroatoms. The molecule has 3 aromatic rings. The second-order valence-electron chi connectivity index (χ2n) is 5.92. The van der Waals surface area contributed by atoms with Crippen LogP contribution < -0.4 is 10.1 Å². The molecule has 0 spiro atoms. The van der Waals surface area contributed by atoms with Gasteiger partial charge >= 0.3 is 0 Å². The Morgan fingerprint density at radius 3 is 2.45 bits per heavy atom. The molecule has 1 aromatic heterocycles. The number of nitro groups is 1. The van der Waals surface area contributed by atoms with Crippen molar-refractivity contribution in [3.8, 4) is 17.1 Å². The van der Waals surface area contributed by atoms with Gasteiger partial charge in [-0.2, -0.15) is 0 Å². The average molecular weight is 413 g/mol. The SMILES string of the molecule is CCn1c(SCC(=O)Nc2ccc([N+](=O)[O-])cc2)nnc1-c1ccc(OC)cc1. The number of carbonyl (C=O) groups excluding carboxylic acids is 1. The fraction of sp³-hybridized carbons (Fsp3) is 0.211. The summed E-state index contributed by atoms with van der Waals surface area (Å²) in [6, 6.07) is 13.2. The van der Waals surface area contributed by atoms with Gasteiger partial charge in [-0.3, -0.25) is 14.9 Å². The van der Waals surface area contributed by atoms with E-state index in [0.717, 1.165) is 11.3 Å². The number of methoxy groups -OCH3 is 1. The first-order chi connectivity index (χ1) is 14.0. The monoisotopic (exact) mass is 413 g/mol. The van der Waals surface area contributed by atoms with Gasteiger partial charge in [-0.25, -0.2) is 0 Å². The largest absolute Gasteiger partial charge is 0.497 e. The third kappa shape index (κ3) is 4.91. The molecule has 0 aliphatic rings. The van der Waals surface area contributed by atoms with Crippen molar-refractivity contribution in [2.75, 3.05) is 18.2 Å². The summed E-state index contributed by atoms with van der Waals surface area (Å²) in [4.78, 5) is 22.4. The first kappa shape index (κ1) is 20.3. The van der Waals surface area contributed by atoms with Gasteiger partial charge in [0.25, 0.3) is 5.69 Å². The van der Waals surface area contributed by atoms with Gasteiger partial charge in [0.15, 0.2) is 11.0 Å². The Bertz CT molecular complexity index is 1000. The maximum atomic E-state index is 12.2. The molecule has 0 atom stereocenters. The zero-order valence-corrected chi connectivity index (χ0v) is 16.7. The van der Waals surface area contributed by atoms with E-state index in [-0.39, 0.29) is 17.3 Å². The summed E-state index contributed by atoms with van der Waals surface area (Å²) in [6.07, 6.45) is 0. The van der Waals surface area contributed by atoms with Crippen LogP contribution in [0.25, 0.3) is 11.4 Å². The van der Waals surface area contributed by atoms with Crippen LogP contribution >= 0.6 is 11.8 Å². The molecule has 2 aromatic carbocycles. The summed E-state index contributed by atoms with van der Waals surface area (Å²) in [5.74, 6) is 1.38. The zero-order chi connectivity index (χ0) is 20.8. The Labute approximate surface area is 171 Å². The lowest BCUT2D eigenvalue weighted by atomic mass is 10.2. The Morgan fingerprint density at radius 2 is 1.86 bits per heavy atom. The molecule has 29 heavy (non-hydrogen) atoms. The molecule has 0 bridgehead atoms. The minimum Gasteiger partial charge on any atom is -0.497 e. The minimum atomic E-state index is -0.487. The number of aromatic nitrogens is 3. The van der Waals surface area contributed by atoms with Crippen LogP contribution in [0.5, 0.6) is 5.75 Å². The van der Waals surface area contributed by atoms with Crippen LogP contribution in [0.2, 0.25) is 0 Å². The van der Waals surface area contributed by atoms with Crippen LogP contribution in [-0.2, 0) is 11.3 Å². The van der Waals surface area contributed by atoms with E-state index in [1.165, 1.54) is 36.0 Å². The maximum absolute atomic E-state index is 12.2. The van der Waals surface area contributed by atoms with Crippen molar-refractivity contribution in [3.63, 3.8) is 0 Å². The highest BCUT2D eigenvalue weighted by Crippen LogP contribution is 2.25. The summed E-state index contributed by atoms with van der Waals surface area (Å²) >= 11 is 1.27. The van der Waals surface area contributed by atoms with E-state index >= 15 is 0 Å². The first-order valence-electron chi connectivity index (χ1n) is 8.76. The molecule has 0 saturated heterocycles. The number of rotatable bonds is 8. The summed E-state index contributed by atoms with van der Waals surface area (Å²) in [6.45, 7) is 2.64. The lowest BCUT2D eigenvalue weighted by Gasteiger charge is -2.08. The van der Waals surface area contributed by atoms with Crippen molar-refractivity contribution in [1.29, 1.82) is 0 Å². The van der Waals surface area contributed by atoms with E-state index in [1.807, 2.05) is 35.8 Å². The number of benzene rings is 2. The highest BCUT2D eigenvalue weighted by molar-refractivity contribution is 7.99. The van der Waals surface area contributed by atoms with E-state index in [1.54, 1.807) is 7.11 Å². The number of hydrogen-bond acceptors (Lipinski definition) is 7. The van der Waals surface area contributed by atoms with E-state index in [2.05, 4.69) is 15.5 Å². The first-order valence-corrected chi connectivity index (χ1v) is 9.75. The smallest absolute Gasteiger partial charge is 0.269 e. The second kappa shape index (κ2) is 9.20. The van der Waals surface area contributed by atoms with E-state index < -0.39 is 4.92 Å². The van der Waals surface area contributed by atoms with Crippen molar-refractivity contribution in [2.24, 2.45) is 0 Å². The molecule has 0 radical (unpaired) electrons. The van der Waals surface area contributed by atoms with Crippen LogP contribution in [0.4, 0.5) is 11.4 Å². The van der Waals surface area contributed by atoms with Crippen molar-refractivity contribution in [1.82, 2.24) is 14.8 Å². The van der Waals surface area contributed by atoms with Gasteiger partial charge in [-0.15, -0.1) is 10.2 Å². The Hall–Kier alpha value is -3.40. The molecule has 0 unspecified atom stereocenters. The number of anilines is 1. The number of non-ortho nitro benzene ring substituents is 1. The van der Waals surface area contributed by atoms with Gasteiger partial charge in [0.2, 0.25) is 5.91 Å². The predicted octanol–water partition coefficient (Wildman–Crippen LogP) is 3.61. The van der Waals surface area contributed by atoms with Crippen LogP contribution in [0.1, 0.15) is 6.92 Å². The zero-order valence-electron chi connectivity index (χ0n) is 15.9. The quantitative estimate of drug-likeness (QED) is 0.341. The molecule has 0 aliphatic carbocycles. The maximum Gasteiger partial charge on any atom is 0.269 e. The number of thioether (sulfide) groups is 1. The van der Waals surface area contributed by atoms with Crippen LogP contribution in [0.15, 0.2) is 53.7 Å². The highest BCUT2D eigenvalue weighted by Gasteiger charge is 2.15. The van der Waals surface area contributed by atoms with Crippen LogP contribution in [0.3, 0.4) is 0 Å². The van der Waals surface area contributed by atoms with Crippen molar-refractivity contribution in [3.05, 3.63) is 58.6 Å². The van der Waals surface area contributed by atoms with E-state index in [0.29, 0.717) is 23.2 Å². The van der Waals surface area contributed by atoms with Crippen molar-refractivity contribution >= 4 is 29.0 Å². The Kier molecular flexibility index (Phi) is 6.45. The van der Waals surface area contributed by atoms with Gasteiger partial charge in [0, 0.05) is 29.9 Å². The van der Waals surface area contributed by atoms with Gasteiger partial charge < -0.3 is 14.6 Å². The number of nitrogens with zero attached hydrogens (tertiary/aromatic N) is 4. The topological polar surface area (TPSA) is 112 Å². The van der Waals surface area contributed by atoms with Gasteiger partial charge in [-0.1, -0.05) is 11.8 Å². The summed E-state index contributed by atoms with van der Waals surface area (Å²) < 4.78 is 7.11. The standard InChI is InChI=1S/C19H19N5O4S/c1-3-23-18(13-4-10-16(28-2)11-5-13)21-22-19(23)29-12-17(25)20-14-6-8-15(9-7-14)24(26)27/h4-11H,3,12H2,1-2H3,(H,20,25). The Balaban J connectivity index is 1.64. The molecule has 150 valence electrons. The fourth-order valence-corrected chi connectivity index (χ4v) is 3.43. The third-order valence-electron chi connectivity index (χ3n) is 4.08. The fourth-order valence-electron chi connectivity index (χ4n) is 2.63. The molecule has 1 heterocycles. The molecule has 1 amide bonds. The lowest BCUT2D eigenvalue weighted by molar-refractivity contribution is -0.384. The van der Waals surface area contributed by atoms with E-state index in [4.69, 9.17) is 4.74 Å². The summed E-state index contributed by atoms with van der Waals surface area (Å²) in [7, 11) is 1.61. The number of nitro benzene ring substituents is 1. The minimum absolute atomic E-state index is 0.0283. The molecule has 9 nitrogen and oxygen atoms in total. The summed E-state index contributed by atoms with van der Waals surface area (Å²) in [5.41, 5.74) is 1.37. The van der Waals surface area contributed by atoms with Crippen molar-refractivity contribution in [2.45, 2.75) is 18.6 Å². The number of amides is 1. The van der Waals surface area contributed by atoms with Crippen LogP contribution in [-0.4, -0.2) is 38.5 Å². The van der Waals surface area contributed by atoms with Gasteiger partial charge in [0.05, 0.1) is 17.8 Å². The van der Waals surface area contributed by atoms with Crippen molar-refractivity contribution < 1.29 is 14.5 Å². The van der Waals surface area contributed by atoms with E-state index in [9.17, 15) is 14.9 Å². The highest BCUT2D eigenvalue weighted by atomic mass is 32.2. The van der Waals surface area contributed by atoms with Gasteiger partial charge in [0.1, 0.15) is 5.75 Å². The summed E-state index contributed by atoms with van der Waals surface area (Å²) in [5, 5.41) is 22.5. The third-order valence-corrected chi connectivity index (χ3v) is 5.04. The average Bonchev–Trinajstić information content (AvgIpc) is 3.15. The normalized spacial score (nSPS) is 10.6. The molecule has 3 rings (SSSR count). The number of nitrogens with one attached hydrogen (secondary N) is 1. The lowest BCUT2D eigenvalue weighted by Crippen LogP contribution is -2.14. The predicted molar refractivity (Wildman–Crippen MR) is 110 cm³/mol.